The molecular weight excluding hydrogens is 484 g/mol. The van der Waals surface area contributed by atoms with E-state index in [1.54, 1.807) is 12.1 Å². The number of nitrogens with zero attached hydrogens (tertiary/aromatic N) is 3. The number of hydrogen-bond donors (Lipinski definition) is 1. The number of rotatable bonds is 8. The van der Waals surface area contributed by atoms with Crippen molar-refractivity contribution in [2.45, 2.75) is 38.6 Å². The predicted octanol–water partition coefficient (Wildman–Crippen LogP) is 5.87. The molecule has 35 heavy (non-hydrogen) atoms. The number of halogens is 1. The lowest BCUT2D eigenvalue weighted by atomic mass is 10.0. The van der Waals surface area contributed by atoms with Gasteiger partial charge in [0.15, 0.2) is 5.03 Å². The molecule has 0 spiro atoms. The van der Waals surface area contributed by atoms with Crippen LogP contribution in [0.25, 0.3) is 11.3 Å². The second kappa shape index (κ2) is 10.8. The molecule has 1 atom stereocenters. The molecule has 2 aromatic heterocycles. The van der Waals surface area contributed by atoms with Crippen molar-refractivity contribution in [2.75, 3.05) is 29.3 Å². The van der Waals surface area contributed by atoms with Crippen LogP contribution in [0.1, 0.15) is 33.6 Å². The summed E-state index contributed by atoms with van der Waals surface area (Å²) in [5.41, 5.74) is 1.13. The van der Waals surface area contributed by atoms with Crippen LogP contribution in [0.5, 0.6) is 5.75 Å². The van der Waals surface area contributed by atoms with Gasteiger partial charge in [-0.25, -0.2) is 9.97 Å². The maximum Gasteiger partial charge on any atom is 0.280 e. The molecule has 9 heteroatoms. The van der Waals surface area contributed by atoms with Crippen molar-refractivity contribution in [3.63, 3.8) is 0 Å². The Balaban J connectivity index is 1.60. The Morgan fingerprint density at radius 2 is 1.91 bits per heavy atom. The van der Waals surface area contributed by atoms with E-state index in [1.165, 1.54) is 18.6 Å². The summed E-state index contributed by atoms with van der Waals surface area (Å²) in [6.07, 6.45) is 2.24. The van der Waals surface area contributed by atoms with Gasteiger partial charge in [-0.05, 0) is 61.1 Å². The van der Waals surface area contributed by atoms with Gasteiger partial charge in [0.1, 0.15) is 17.4 Å². The molecule has 1 N–H and O–H groups in total. The number of anilines is 2. The number of hydrogen-bond acceptors (Lipinski definition) is 6. The summed E-state index contributed by atoms with van der Waals surface area (Å²) in [5, 5.41) is 0.347. The zero-order chi connectivity index (χ0) is 25.0. The van der Waals surface area contributed by atoms with Crippen LogP contribution in [-0.4, -0.2) is 38.1 Å². The number of piperidine rings is 1. The smallest absolute Gasteiger partial charge is 0.280 e. The highest BCUT2D eigenvalue weighted by Crippen LogP contribution is 2.35. The average molecular weight is 515 g/mol. The van der Waals surface area contributed by atoms with E-state index >= 15 is 0 Å². The Kier molecular flexibility index (Phi) is 7.82. The van der Waals surface area contributed by atoms with Crippen molar-refractivity contribution >= 4 is 33.3 Å². The van der Waals surface area contributed by atoms with E-state index in [-0.39, 0.29) is 10.8 Å². The van der Waals surface area contributed by atoms with E-state index in [2.05, 4.69) is 40.4 Å². The van der Waals surface area contributed by atoms with Crippen LogP contribution in [0.3, 0.4) is 0 Å². The molecule has 1 aliphatic rings. The highest BCUT2D eigenvalue weighted by atomic mass is 35.5. The van der Waals surface area contributed by atoms with E-state index in [4.69, 9.17) is 16.3 Å². The van der Waals surface area contributed by atoms with Crippen molar-refractivity contribution in [3.8, 4) is 17.0 Å². The number of benzene rings is 1. The molecule has 186 valence electrons. The lowest BCUT2D eigenvalue weighted by molar-refractivity contribution is 0.272. The number of pyridine rings is 2. The summed E-state index contributed by atoms with van der Waals surface area (Å²) in [6.45, 7) is 8.61. The lowest BCUT2D eigenvalue weighted by Crippen LogP contribution is -2.35. The first kappa shape index (κ1) is 25.3. The Hall–Kier alpha value is -2.84. The van der Waals surface area contributed by atoms with Crippen LogP contribution in [-0.2, 0) is 10.0 Å². The largest absolute Gasteiger partial charge is 0.493 e. The van der Waals surface area contributed by atoms with Crippen molar-refractivity contribution in [1.29, 1.82) is 0 Å². The van der Waals surface area contributed by atoms with E-state index in [0.717, 1.165) is 19.5 Å². The summed E-state index contributed by atoms with van der Waals surface area (Å²) in [6, 6.07) is 15.7. The van der Waals surface area contributed by atoms with E-state index in [1.807, 2.05) is 30.3 Å². The fraction of sp³-hybridized carbons (Fsp3) is 0.385. The second-order valence-electron chi connectivity index (χ2n) is 9.36. The molecule has 1 fully saturated rings. The normalized spacial score (nSPS) is 16.4. The molecule has 1 aliphatic heterocycles. The van der Waals surface area contributed by atoms with Crippen LogP contribution in [0.15, 0.2) is 59.6 Å². The third-order valence-electron chi connectivity index (χ3n) is 5.76. The summed E-state index contributed by atoms with van der Waals surface area (Å²) < 4.78 is 34.9. The molecule has 0 amide bonds. The van der Waals surface area contributed by atoms with Crippen LogP contribution in [0, 0.1) is 11.8 Å². The fourth-order valence-corrected chi connectivity index (χ4v) is 5.22. The van der Waals surface area contributed by atoms with E-state index in [0.29, 0.717) is 46.3 Å². The monoisotopic (exact) mass is 514 g/mol. The highest BCUT2D eigenvalue weighted by molar-refractivity contribution is 7.92. The fourth-order valence-electron chi connectivity index (χ4n) is 4.05. The summed E-state index contributed by atoms with van der Waals surface area (Å²) >= 11 is 6.46. The summed E-state index contributed by atoms with van der Waals surface area (Å²) in [7, 11) is -3.96. The molecule has 0 aliphatic carbocycles. The minimum Gasteiger partial charge on any atom is -0.493 e. The zero-order valence-electron chi connectivity index (χ0n) is 20.2. The first-order valence-corrected chi connectivity index (χ1v) is 13.7. The van der Waals surface area contributed by atoms with Gasteiger partial charge in [-0.1, -0.05) is 50.6 Å². The maximum atomic E-state index is 13.2. The molecular formula is C26H31ClN4O3S. The van der Waals surface area contributed by atoms with E-state index in [9.17, 15) is 8.42 Å². The van der Waals surface area contributed by atoms with Crippen LogP contribution < -0.4 is 14.4 Å². The average Bonchev–Trinajstić information content (AvgIpc) is 2.84. The number of ether oxygens (including phenoxy) is 1. The second-order valence-corrected chi connectivity index (χ2v) is 11.4. The van der Waals surface area contributed by atoms with Gasteiger partial charge in [0, 0.05) is 18.7 Å². The maximum absolute atomic E-state index is 13.2. The number of aromatic nitrogens is 2. The first-order chi connectivity index (χ1) is 16.7. The van der Waals surface area contributed by atoms with Gasteiger partial charge in [0.25, 0.3) is 10.0 Å². The lowest BCUT2D eigenvalue weighted by Gasteiger charge is -2.31. The molecule has 7 nitrogen and oxygen atoms in total. The Bertz CT molecular complexity index is 1280. The van der Waals surface area contributed by atoms with Crippen molar-refractivity contribution < 1.29 is 13.2 Å². The van der Waals surface area contributed by atoms with Gasteiger partial charge in [-0.15, -0.1) is 0 Å². The molecule has 1 saturated heterocycles. The van der Waals surface area contributed by atoms with Gasteiger partial charge in [0.2, 0.25) is 0 Å². The number of sulfonamides is 1. The standard InChI is InChI=1S/C26H31ClN4O3S/c1-18(2)17-34-22-10-5-4-9-20(22)26-21(27)13-14-23(28-26)30-35(32,33)25-12-6-11-24(29-25)31-15-7-8-19(3)16-31/h4-6,9-14,18-19H,7-8,15-17H2,1-3H3,(H,28,30). The van der Waals surface area contributed by atoms with Gasteiger partial charge >= 0.3 is 0 Å². The molecule has 0 saturated carbocycles. The quantitative estimate of drug-likeness (QED) is 0.404. The van der Waals surface area contributed by atoms with Crippen molar-refractivity contribution in [2.24, 2.45) is 11.8 Å². The zero-order valence-corrected chi connectivity index (χ0v) is 21.8. The Morgan fingerprint density at radius 3 is 2.69 bits per heavy atom. The molecule has 3 heterocycles. The third kappa shape index (κ3) is 6.24. The van der Waals surface area contributed by atoms with Crippen LogP contribution >= 0.6 is 11.6 Å². The topological polar surface area (TPSA) is 84.4 Å². The first-order valence-electron chi connectivity index (χ1n) is 11.9. The summed E-state index contributed by atoms with van der Waals surface area (Å²) in [4.78, 5) is 11.1. The number of para-hydroxylation sites is 1. The minimum absolute atomic E-state index is 0.0489. The van der Waals surface area contributed by atoms with Crippen molar-refractivity contribution in [1.82, 2.24) is 9.97 Å². The third-order valence-corrected chi connectivity index (χ3v) is 7.33. The van der Waals surface area contributed by atoms with E-state index < -0.39 is 10.0 Å². The Morgan fingerprint density at radius 1 is 1.11 bits per heavy atom. The van der Waals surface area contributed by atoms with Gasteiger partial charge in [-0.3, -0.25) is 4.72 Å². The van der Waals surface area contributed by atoms with Gasteiger partial charge in [-0.2, -0.15) is 8.42 Å². The summed E-state index contributed by atoms with van der Waals surface area (Å²) in [5.74, 6) is 2.36. The van der Waals surface area contributed by atoms with Gasteiger partial charge in [0.05, 0.1) is 17.3 Å². The highest BCUT2D eigenvalue weighted by Gasteiger charge is 2.22. The molecule has 0 bridgehead atoms. The minimum atomic E-state index is -3.96. The van der Waals surface area contributed by atoms with Crippen LogP contribution in [0.4, 0.5) is 11.6 Å². The Labute approximate surface area is 212 Å². The van der Waals surface area contributed by atoms with Gasteiger partial charge < -0.3 is 9.64 Å². The molecule has 1 aromatic carbocycles. The van der Waals surface area contributed by atoms with Crippen LogP contribution in [0.2, 0.25) is 5.02 Å². The molecule has 1 unspecified atom stereocenters. The number of nitrogens with one attached hydrogen (secondary N) is 1. The predicted molar refractivity (Wildman–Crippen MR) is 141 cm³/mol. The SMILES string of the molecule is CC(C)COc1ccccc1-c1nc(NS(=O)(=O)c2cccc(N3CCCC(C)C3)n2)ccc1Cl. The van der Waals surface area contributed by atoms with Crippen molar-refractivity contribution in [3.05, 3.63) is 59.6 Å². The molecule has 3 aromatic rings. The molecule has 0 radical (unpaired) electrons. The molecule has 4 rings (SSSR count).